The predicted molar refractivity (Wildman–Crippen MR) is 31.0 cm³/mol. The molecule has 0 aromatic rings. The fraction of sp³-hybridized carbons (Fsp3) is 0.667. The maximum Gasteiger partial charge on any atom is 0.221 e. The van der Waals surface area contributed by atoms with Crippen molar-refractivity contribution in [2.75, 3.05) is 0 Å². The molecule has 1 amide bonds. The van der Waals surface area contributed by atoms with Gasteiger partial charge in [-0.3, -0.25) is 4.79 Å². The summed E-state index contributed by atoms with van der Waals surface area (Å²) in [6.07, 6.45) is 1.64. The third-order valence-corrected chi connectivity index (χ3v) is 1.81. The highest BCUT2D eigenvalue weighted by atomic mass is 16.1. The van der Waals surface area contributed by atoms with Crippen molar-refractivity contribution < 1.29 is 4.79 Å². The lowest BCUT2D eigenvalue weighted by Crippen LogP contribution is -2.36. The number of carbonyl (C=O) groups is 1. The highest BCUT2D eigenvalue weighted by Crippen LogP contribution is 2.32. The lowest BCUT2D eigenvalue weighted by molar-refractivity contribution is -0.125. The van der Waals surface area contributed by atoms with Gasteiger partial charge in [-0.05, 0) is 12.8 Å². The second kappa shape index (κ2) is 2.06. The van der Waals surface area contributed by atoms with E-state index in [4.69, 9.17) is 11.0 Å². The molecule has 1 aliphatic carbocycles. The quantitative estimate of drug-likeness (QED) is 0.535. The number of carbonyl (C=O) groups excluding carboxylic acids is 1. The highest BCUT2D eigenvalue weighted by molar-refractivity contribution is 5.78. The van der Waals surface area contributed by atoms with E-state index in [9.17, 15) is 4.79 Å². The monoisotopic (exact) mass is 124 g/mol. The van der Waals surface area contributed by atoms with Crippen molar-refractivity contribution in [3.8, 4) is 6.07 Å². The van der Waals surface area contributed by atoms with Gasteiger partial charge in [0.25, 0.3) is 0 Å². The normalized spacial score (nSPS) is 32.3. The first kappa shape index (κ1) is 6.09. The van der Waals surface area contributed by atoms with Gasteiger partial charge >= 0.3 is 0 Å². The molecule has 0 saturated heterocycles. The zero-order chi connectivity index (χ0) is 6.85. The van der Waals surface area contributed by atoms with Gasteiger partial charge in [-0.1, -0.05) is 0 Å². The summed E-state index contributed by atoms with van der Waals surface area (Å²) in [7, 11) is 0. The first-order valence-corrected chi connectivity index (χ1v) is 2.94. The average molecular weight is 124 g/mol. The van der Waals surface area contributed by atoms with Crippen LogP contribution in [0.5, 0.6) is 0 Å². The number of nitriles is 1. The minimum Gasteiger partial charge on any atom is -0.369 e. The molecule has 0 radical (unpaired) electrons. The van der Waals surface area contributed by atoms with E-state index in [1.807, 2.05) is 6.07 Å². The summed E-state index contributed by atoms with van der Waals surface area (Å²) < 4.78 is 0. The van der Waals surface area contributed by atoms with E-state index < -0.39 is 0 Å². The Kier molecular flexibility index (Phi) is 1.39. The Morgan fingerprint density at radius 3 is 2.44 bits per heavy atom. The maximum atomic E-state index is 10.4. The lowest BCUT2D eigenvalue weighted by Gasteiger charge is -2.27. The summed E-state index contributed by atoms with van der Waals surface area (Å²) in [5, 5.41) is 8.35. The number of hydrogen-bond donors (Lipinski definition) is 1. The third kappa shape index (κ3) is 0.879. The molecular weight excluding hydrogens is 116 g/mol. The Morgan fingerprint density at radius 1 is 1.67 bits per heavy atom. The molecule has 0 spiro atoms. The smallest absolute Gasteiger partial charge is 0.221 e. The van der Waals surface area contributed by atoms with Gasteiger partial charge in [0, 0.05) is 0 Å². The van der Waals surface area contributed by atoms with Crippen molar-refractivity contribution in [2.24, 2.45) is 17.6 Å². The number of primary amides is 1. The minimum absolute atomic E-state index is 0.0949. The molecule has 0 bridgehead atoms. The molecule has 48 valence electrons. The van der Waals surface area contributed by atoms with E-state index in [1.165, 1.54) is 0 Å². The Labute approximate surface area is 53.5 Å². The summed E-state index contributed by atoms with van der Waals surface area (Å²) in [6.45, 7) is 0. The Balaban J connectivity index is 2.47. The molecule has 1 aliphatic rings. The average Bonchev–Trinajstić information content (AvgIpc) is 1.61. The van der Waals surface area contributed by atoms with Crippen LogP contribution >= 0.6 is 0 Å². The Bertz CT molecular complexity index is 170. The second-order valence-corrected chi connectivity index (χ2v) is 2.32. The molecule has 2 atom stereocenters. The molecule has 0 aliphatic heterocycles. The van der Waals surface area contributed by atoms with E-state index in [2.05, 4.69) is 0 Å². The summed E-state index contributed by atoms with van der Waals surface area (Å²) in [5.41, 5.74) is 4.97. The van der Waals surface area contributed by atoms with Gasteiger partial charge in [-0.2, -0.15) is 5.26 Å². The fourth-order valence-corrected chi connectivity index (χ4v) is 0.995. The zero-order valence-electron chi connectivity index (χ0n) is 5.00. The van der Waals surface area contributed by atoms with Crippen LogP contribution in [0, 0.1) is 23.2 Å². The Hall–Kier alpha value is -1.04. The van der Waals surface area contributed by atoms with Crippen LogP contribution in [-0.4, -0.2) is 5.91 Å². The van der Waals surface area contributed by atoms with Crippen LogP contribution in [-0.2, 0) is 4.79 Å². The van der Waals surface area contributed by atoms with E-state index in [0.29, 0.717) is 0 Å². The zero-order valence-corrected chi connectivity index (χ0v) is 5.00. The fourth-order valence-electron chi connectivity index (χ4n) is 0.995. The van der Waals surface area contributed by atoms with Gasteiger partial charge < -0.3 is 5.73 Å². The standard InChI is InChI=1S/C6H8N2O/c7-3-4-1-2-5(4)6(8)9/h4-5H,1-2H2,(H2,8,9). The third-order valence-electron chi connectivity index (χ3n) is 1.81. The molecule has 0 aromatic heterocycles. The maximum absolute atomic E-state index is 10.4. The Morgan fingerprint density at radius 2 is 2.33 bits per heavy atom. The van der Waals surface area contributed by atoms with E-state index in [-0.39, 0.29) is 17.7 Å². The van der Waals surface area contributed by atoms with Gasteiger partial charge in [0.2, 0.25) is 5.91 Å². The van der Waals surface area contributed by atoms with Gasteiger partial charge in [-0.25, -0.2) is 0 Å². The first-order valence-electron chi connectivity index (χ1n) is 2.94. The number of nitrogens with zero attached hydrogens (tertiary/aromatic N) is 1. The largest absolute Gasteiger partial charge is 0.369 e. The number of hydrogen-bond acceptors (Lipinski definition) is 2. The molecule has 1 rings (SSSR count). The van der Waals surface area contributed by atoms with Crippen LogP contribution in [0.1, 0.15) is 12.8 Å². The van der Waals surface area contributed by atoms with Crippen LogP contribution in [0.25, 0.3) is 0 Å². The summed E-state index contributed by atoms with van der Waals surface area (Å²) >= 11 is 0. The van der Waals surface area contributed by atoms with Crippen molar-refractivity contribution in [1.82, 2.24) is 0 Å². The van der Waals surface area contributed by atoms with Crippen LogP contribution in [0.3, 0.4) is 0 Å². The molecular formula is C6H8N2O. The number of nitrogens with two attached hydrogens (primary N) is 1. The topological polar surface area (TPSA) is 66.9 Å². The molecule has 2 N–H and O–H groups in total. The van der Waals surface area contributed by atoms with Gasteiger partial charge in [0.1, 0.15) is 0 Å². The molecule has 1 fully saturated rings. The van der Waals surface area contributed by atoms with E-state index >= 15 is 0 Å². The van der Waals surface area contributed by atoms with Crippen molar-refractivity contribution in [3.63, 3.8) is 0 Å². The number of amides is 1. The molecule has 3 heteroatoms. The summed E-state index contributed by atoms with van der Waals surface area (Å²) in [6, 6.07) is 2.03. The minimum atomic E-state index is -0.326. The van der Waals surface area contributed by atoms with Crippen LogP contribution < -0.4 is 5.73 Å². The van der Waals surface area contributed by atoms with Crippen molar-refractivity contribution in [2.45, 2.75) is 12.8 Å². The summed E-state index contributed by atoms with van der Waals surface area (Å²) in [5.74, 6) is -0.578. The molecule has 9 heavy (non-hydrogen) atoms. The van der Waals surface area contributed by atoms with Gasteiger partial charge in [0.15, 0.2) is 0 Å². The second-order valence-electron chi connectivity index (χ2n) is 2.32. The van der Waals surface area contributed by atoms with Crippen LogP contribution in [0.4, 0.5) is 0 Å². The predicted octanol–water partition coefficient (Wildman–Crippen LogP) is 0.0215. The van der Waals surface area contributed by atoms with Crippen molar-refractivity contribution >= 4 is 5.91 Å². The van der Waals surface area contributed by atoms with Gasteiger partial charge in [-0.15, -0.1) is 0 Å². The van der Waals surface area contributed by atoms with Crippen LogP contribution in [0.2, 0.25) is 0 Å². The molecule has 0 aromatic carbocycles. The SMILES string of the molecule is N#CC1CCC1C(N)=O. The first-order chi connectivity index (χ1) is 4.25. The molecule has 0 heterocycles. The summed E-state index contributed by atoms with van der Waals surface area (Å²) in [4.78, 5) is 10.4. The molecule has 3 nitrogen and oxygen atoms in total. The molecule has 1 saturated carbocycles. The van der Waals surface area contributed by atoms with Crippen LogP contribution in [0.15, 0.2) is 0 Å². The van der Waals surface area contributed by atoms with Crippen molar-refractivity contribution in [3.05, 3.63) is 0 Å². The van der Waals surface area contributed by atoms with Crippen molar-refractivity contribution in [1.29, 1.82) is 5.26 Å². The van der Waals surface area contributed by atoms with E-state index in [1.54, 1.807) is 0 Å². The molecule has 2 unspecified atom stereocenters. The highest BCUT2D eigenvalue weighted by Gasteiger charge is 2.34. The van der Waals surface area contributed by atoms with Gasteiger partial charge in [0.05, 0.1) is 17.9 Å². The van der Waals surface area contributed by atoms with E-state index in [0.717, 1.165) is 12.8 Å². The lowest BCUT2D eigenvalue weighted by atomic mass is 9.74. The number of rotatable bonds is 1.